The fourth-order valence-corrected chi connectivity index (χ4v) is 3.13. The Morgan fingerprint density at radius 2 is 1.83 bits per heavy atom. The summed E-state index contributed by atoms with van der Waals surface area (Å²) < 4.78 is 2.65. The first-order valence-corrected chi connectivity index (χ1v) is 6.80. The maximum absolute atomic E-state index is 5.44. The van der Waals surface area contributed by atoms with Gasteiger partial charge in [0.2, 0.25) is 0 Å². The molecule has 0 saturated heterocycles. The largest absolute Gasteiger partial charge is 0.330 e. The van der Waals surface area contributed by atoms with E-state index in [1.165, 1.54) is 20.2 Å². The molecule has 1 nitrogen and oxygen atoms in total. The smallest absolute Gasteiger partial charge is 0.0356 e. The van der Waals surface area contributed by atoms with E-state index in [9.17, 15) is 0 Å². The molecular formula is C16H13NS. The summed E-state index contributed by atoms with van der Waals surface area (Å²) in [5.41, 5.74) is 6.51. The van der Waals surface area contributed by atoms with Gasteiger partial charge in [0, 0.05) is 38.7 Å². The number of rotatable bonds is 1. The zero-order valence-electron chi connectivity index (χ0n) is 9.94. The van der Waals surface area contributed by atoms with E-state index in [1.807, 2.05) is 11.3 Å². The Kier molecular flexibility index (Phi) is 3.02. The highest BCUT2D eigenvalue weighted by atomic mass is 32.1. The summed E-state index contributed by atoms with van der Waals surface area (Å²) in [6.45, 7) is 0.622. The van der Waals surface area contributed by atoms with E-state index in [1.54, 1.807) is 0 Å². The zero-order chi connectivity index (χ0) is 12.4. The molecule has 0 saturated carbocycles. The molecule has 1 aromatic heterocycles. The minimum absolute atomic E-state index is 0.622. The lowest BCUT2D eigenvalue weighted by atomic mass is 10.1. The van der Waals surface area contributed by atoms with Crippen LogP contribution in [0.4, 0.5) is 0 Å². The predicted molar refractivity (Wildman–Crippen MR) is 79.9 cm³/mol. The molecule has 18 heavy (non-hydrogen) atoms. The van der Waals surface area contributed by atoms with Crippen LogP contribution in [0.1, 0.15) is 12.0 Å². The minimum atomic E-state index is 0.622. The molecule has 0 spiro atoms. The summed E-state index contributed by atoms with van der Waals surface area (Å²) in [5, 5.41) is 2.62. The third-order valence-electron chi connectivity index (χ3n) is 2.88. The van der Waals surface area contributed by atoms with E-state index >= 15 is 0 Å². The molecule has 0 aliphatic carbocycles. The summed E-state index contributed by atoms with van der Waals surface area (Å²) in [6.07, 6.45) is 0.752. The second-order valence-electron chi connectivity index (χ2n) is 4.15. The van der Waals surface area contributed by atoms with Gasteiger partial charge in [0.25, 0.3) is 0 Å². The van der Waals surface area contributed by atoms with Crippen molar-refractivity contribution >= 4 is 31.5 Å². The Hall–Kier alpha value is -1.82. The number of hydrogen-bond acceptors (Lipinski definition) is 2. The highest BCUT2D eigenvalue weighted by Crippen LogP contribution is 2.33. The number of nitrogens with two attached hydrogens (primary N) is 1. The highest BCUT2D eigenvalue weighted by Gasteiger charge is 2.03. The topological polar surface area (TPSA) is 26.0 Å². The summed E-state index contributed by atoms with van der Waals surface area (Å²) in [5.74, 6) is 6.25. The average molecular weight is 251 g/mol. The standard InChI is InChI=1S/C16H13NS/c17-10-4-3-5-12-8-9-16-14(11-12)13-6-1-2-7-15(13)18-16/h1-2,6-9,11H,4,10,17H2. The van der Waals surface area contributed by atoms with E-state index in [2.05, 4.69) is 54.3 Å². The van der Waals surface area contributed by atoms with Crippen LogP contribution < -0.4 is 5.73 Å². The summed E-state index contributed by atoms with van der Waals surface area (Å²) >= 11 is 1.83. The first-order chi connectivity index (χ1) is 8.88. The fourth-order valence-electron chi connectivity index (χ4n) is 2.04. The van der Waals surface area contributed by atoms with Gasteiger partial charge in [0.15, 0.2) is 0 Å². The van der Waals surface area contributed by atoms with Crippen molar-refractivity contribution in [2.45, 2.75) is 6.42 Å². The van der Waals surface area contributed by atoms with E-state index in [0.29, 0.717) is 6.54 Å². The van der Waals surface area contributed by atoms with Crippen molar-refractivity contribution in [3.8, 4) is 11.8 Å². The Labute approximate surface area is 110 Å². The maximum atomic E-state index is 5.44. The van der Waals surface area contributed by atoms with E-state index in [4.69, 9.17) is 5.73 Å². The normalized spacial score (nSPS) is 10.5. The quantitative estimate of drug-likeness (QED) is 0.655. The Morgan fingerprint density at radius 1 is 1.00 bits per heavy atom. The van der Waals surface area contributed by atoms with Crippen molar-refractivity contribution in [3.05, 3.63) is 48.0 Å². The minimum Gasteiger partial charge on any atom is -0.330 e. The van der Waals surface area contributed by atoms with Crippen molar-refractivity contribution in [1.82, 2.24) is 0 Å². The van der Waals surface area contributed by atoms with Crippen LogP contribution in [0.15, 0.2) is 42.5 Å². The molecule has 88 valence electrons. The highest BCUT2D eigenvalue weighted by molar-refractivity contribution is 7.25. The SMILES string of the molecule is NCCC#Cc1ccc2sc3ccccc3c2c1. The van der Waals surface area contributed by atoms with Gasteiger partial charge < -0.3 is 5.73 Å². The Bertz CT molecular complexity index is 759. The van der Waals surface area contributed by atoms with Crippen LogP contribution in [-0.4, -0.2) is 6.54 Å². The lowest BCUT2D eigenvalue weighted by Crippen LogP contribution is -1.95. The van der Waals surface area contributed by atoms with Crippen LogP contribution in [-0.2, 0) is 0 Å². The first kappa shape index (κ1) is 11.3. The molecule has 3 aromatic rings. The Morgan fingerprint density at radius 3 is 2.72 bits per heavy atom. The van der Waals surface area contributed by atoms with Gasteiger partial charge in [-0.05, 0) is 24.3 Å². The molecule has 1 heterocycles. The van der Waals surface area contributed by atoms with Gasteiger partial charge in [-0.25, -0.2) is 0 Å². The zero-order valence-corrected chi connectivity index (χ0v) is 10.8. The van der Waals surface area contributed by atoms with Crippen molar-refractivity contribution in [2.75, 3.05) is 6.54 Å². The van der Waals surface area contributed by atoms with Crippen LogP contribution in [0.3, 0.4) is 0 Å². The molecular weight excluding hydrogens is 238 g/mol. The van der Waals surface area contributed by atoms with Crippen molar-refractivity contribution in [2.24, 2.45) is 5.73 Å². The van der Waals surface area contributed by atoms with E-state index in [-0.39, 0.29) is 0 Å². The number of hydrogen-bond donors (Lipinski definition) is 1. The summed E-state index contributed by atoms with van der Waals surface area (Å²) in [4.78, 5) is 0. The molecule has 0 atom stereocenters. The van der Waals surface area contributed by atoms with Crippen LogP contribution in [0.2, 0.25) is 0 Å². The lowest BCUT2D eigenvalue weighted by Gasteiger charge is -1.93. The first-order valence-electron chi connectivity index (χ1n) is 5.99. The molecule has 0 aliphatic rings. The number of thiophene rings is 1. The van der Waals surface area contributed by atoms with Crippen LogP contribution in [0.5, 0.6) is 0 Å². The molecule has 0 fully saturated rings. The van der Waals surface area contributed by atoms with Crippen molar-refractivity contribution in [3.63, 3.8) is 0 Å². The van der Waals surface area contributed by atoms with Gasteiger partial charge >= 0.3 is 0 Å². The van der Waals surface area contributed by atoms with Gasteiger partial charge in [0.05, 0.1) is 0 Å². The predicted octanol–water partition coefficient (Wildman–Crippen LogP) is 3.75. The molecule has 2 heteroatoms. The molecule has 3 rings (SSSR count). The summed E-state index contributed by atoms with van der Waals surface area (Å²) in [7, 11) is 0. The van der Waals surface area contributed by atoms with Crippen LogP contribution in [0.25, 0.3) is 20.2 Å². The van der Waals surface area contributed by atoms with Crippen LogP contribution in [0, 0.1) is 11.8 Å². The molecule has 0 unspecified atom stereocenters. The monoisotopic (exact) mass is 251 g/mol. The average Bonchev–Trinajstić information content (AvgIpc) is 2.77. The second kappa shape index (κ2) is 4.81. The molecule has 2 aromatic carbocycles. The van der Waals surface area contributed by atoms with Gasteiger partial charge in [0.1, 0.15) is 0 Å². The van der Waals surface area contributed by atoms with Gasteiger partial charge in [-0.15, -0.1) is 11.3 Å². The fraction of sp³-hybridized carbons (Fsp3) is 0.125. The number of fused-ring (bicyclic) bond motifs is 3. The van der Waals surface area contributed by atoms with E-state index < -0.39 is 0 Å². The third kappa shape index (κ3) is 1.99. The molecule has 0 radical (unpaired) electrons. The van der Waals surface area contributed by atoms with Gasteiger partial charge in [-0.1, -0.05) is 30.0 Å². The molecule has 0 bridgehead atoms. The molecule has 0 aliphatic heterocycles. The van der Waals surface area contributed by atoms with Gasteiger partial charge in [-0.3, -0.25) is 0 Å². The van der Waals surface area contributed by atoms with Crippen molar-refractivity contribution < 1.29 is 0 Å². The second-order valence-corrected chi connectivity index (χ2v) is 5.23. The Balaban J connectivity index is 2.16. The van der Waals surface area contributed by atoms with Gasteiger partial charge in [-0.2, -0.15) is 0 Å². The lowest BCUT2D eigenvalue weighted by molar-refractivity contribution is 1.03. The van der Waals surface area contributed by atoms with Crippen molar-refractivity contribution in [1.29, 1.82) is 0 Å². The maximum Gasteiger partial charge on any atom is 0.0356 e. The summed E-state index contributed by atoms with van der Waals surface area (Å²) in [6, 6.07) is 14.9. The number of benzene rings is 2. The third-order valence-corrected chi connectivity index (χ3v) is 4.03. The molecule has 2 N–H and O–H groups in total. The van der Waals surface area contributed by atoms with E-state index in [0.717, 1.165) is 12.0 Å². The molecule has 0 amide bonds. The van der Waals surface area contributed by atoms with Crippen LogP contribution >= 0.6 is 11.3 Å².